The van der Waals surface area contributed by atoms with E-state index in [-0.39, 0.29) is 29.8 Å². The first kappa shape index (κ1) is 24.7. The summed E-state index contributed by atoms with van der Waals surface area (Å²) in [5, 5.41) is 0. The average molecular weight is 437 g/mol. The van der Waals surface area contributed by atoms with Crippen molar-refractivity contribution in [2.45, 2.75) is 50.7 Å². The SMILES string of the molecule is COC(/C=C/[C@H]1C(OC)CC(=O)[C@@H]1CCCCCC[P+](=O)O)COc1ccccc1. The van der Waals surface area contributed by atoms with Crippen LogP contribution in [0.4, 0.5) is 0 Å². The molecule has 0 aliphatic heterocycles. The van der Waals surface area contributed by atoms with E-state index >= 15 is 0 Å². The normalized spacial score (nSPS) is 23.1. The van der Waals surface area contributed by atoms with Gasteiger partial charge in [-0.15, -0.1) is 0 Å². The monoisotopic (exact) mass is 437 g/mol. The van der Waals surface area contributed by atoms with Crippen LogP contribution in [0.2, 0.25) is 0 Å². The maximum absolute atomic E-state index is 12.5. The molecule has 1 aromatic carbocycles. The van der Waals surface area contributed by atoms with Gasteiger partial charge in [0.2, 0.25) is 0 Å². The lowest BCUT2D eigenvalue weighted by Gasteiger charge is -2.21. The van der Waals surface area contributed by atoms with Crippen LogP contribution >= 0.6 is 8.03 Å². The van der Waals surface area contributed by atoms with Crippen molar-refractivity contribution in [3.05, 3.63) is 42.5 Å². The largest absolute Gasteiger partial charge is 0.505 e. The van der Waals surface area contributed by atoms with Crippen molar-refractivity contribution in [2.24, 2.45) is 11.8 Å². The summed E-state index contributed by atoms with van der Waals surface area (Å²) < 4.78 is 27.6. The van der Waals surface area contributed by atoms with E-state index in [2.05, 4.69) is 6.08 Å². The second-order valence-corrected chi connectivity index (χ2v) is 8.84. The van der Waals surface area contributed by atoms with Crippen LogP contribution in [0.3, 0.4) is 0 Å². The van der Waals surface area contributed by atoms with Crippen molar-refractivity contribution in [1.82, 2.24) is 0 Å². The van der Waals surface area contributed by atoms with Crippen LogP contribution in [0.15, 0.2) is 42.5 Å². The molecule has 30 heavy (non-hydrogen) atoms. The molecule has 1 aromatic rings. The lowest BCUT2D eigenvalue weighted by molar-refractivity contribution is -0.121. The van der Waals surface area contributed by atoms with E-state index in [4.69, 9.17) is 19.1 Å². The fraction of sp³-hybridized carbons (Fsp3) is 0.609. The van der Waals surface area contributed by atoms with Gasteiger partial charge in [0.15, 0.2) is 6.16 Å². The molecule has 0 radical (unpaired) electrons. The lowest BCUT2D eigenvalue weighted by Crippen LogP contribution is -2.22. The van der Waals surface area contributed by atoms with Crippen LogP contribution in [-0.4, -0.2) is 49.9 Å². The van der Waals surface area contributed by atoms with E-state index in [9.17, 15) is 9.36 Å². The predicted molar refractivity (Wildman–Crippen MR) is 117 cm³/mol. The van der Waals surface area contributed by atoms with Crippen molar-refractivity contribution in [3.8, 4) is 5.75 Å². The Morgan fingerprint density at radius 3 is 2.57 bits per heavy atom. The average Bonchev–Trinajstić information content (AvgIpc) is 3.05. The van der Waals surface area contributed by atoms with Gasteiger partial charge in [-0.2, -0.15) is 4.89 Å². The molecule has 1 saturated carbocycles. The van der Waals surface area contributed by atoms with Crippen LogP contribution < -0.4 is 4.74 Å². The fourth-order valence-corrected chi connectivity index (χ4v) is 4.42. The van der Waals surface area contributed by atoms with Gasteiger partial charge in [-0.25, -0.2) is 0 Å². The van der Waals surface area contributed by atoms with Crippen LogP contribution in [-0.2, 0) is 18.8 Å². The van der Waals surface area contributed by atoms with E-state index in [0.717, 1.165) is 37.9 Å². The molecule has 0 spiro atoms. The van der Waals surface area contributed by atoms with Gasteiger partial charge in [0.25, 0.3) is 0 Å². The molecule has 0 heterocycles. The third kappa shape index (κ3) is 8.27. The maximum atomic E-state index is 12.5. The number of rotatable bonds is 14. The molecule has 1 fully saturated rings. The minimum atomic E-state index is -2.04. The highest BCUT2D eigenvalue weighted by atomic mass is 31.1. The standard InChI is InChI=1S/C23H33O6P/c1-27-19(17-29-18-10-6-5-7-11-18)13-14-21-20(22(24)16-23(21)28-2)12-8-3-4-9-15-30(25)26/h5-7,10-11,13-14,19-21,23H,3-4,8-9,12,15-17H2,1-2H3/p+1/b14-13+/t19?,20-,21-,23?/m1/s1. The molecular formula is C23H34O6P+. The van der Waals surface area contributed by atoms with Crippen molar-refractivity contribution in [3.63, 3.8) is 0 Å². The maximum Gasteiger partial charge on any atom is 0.505 e. The summed E-state index contributed by atoms with van der Waals surface area (Å²) in [6.07, 6.45) is 8.91. The summed E-state index contributed by atoms with van der Waals surface area (Å²) in [5.41, 5.74) is 0. The summed E-state index contributed by atoms with van der Waals surface area (Å²) in [5.74, 6) is 1.03. The molecule has 1 N–H and O–H groups in total. The highest BCUT2D eigenvalue weighted by Gasteiger charge is 2.40. The first-order valence-corrected chi connectivity index (χ1v) is 12.0. The van der Waals surface area contributed by atoms with Gasteiger partial charge in [-0.05, 0) is 36.0 Å². The van der Waals surface area contributed by atoms with E-state index in [1.54, 1.807) is 14.2 Å². The van der Waals surface area contributed by atoms with Crippen molar-refractivity contribution in [2.75, 3.05) is 27.0 Å². The molecule has 6 nitrogen and oxygen atoms in total. The zero-order chi connectivity index (χ0) is 21.8. The third-order valence-electron chi connectivity index (χ3n) is 5.64. The molecule has 3 unspecified atom stereocenters. The summed E-state index contributed by atoms with van der Waals surface area (Å²) in [6, 6.07) is 9.60. The van der Waals surface area contributed by atoms with Crippen molar-refractivity contribution >= 4 is 13.8 Å². The highest BCUT2D eigenvalue weighted by molar-refractivity contribution is 7.37. The molecule has 7 heteroatoms. The molecule has 166 valence electrons. The topological polar surface area (TPSA) is 82.1 Å². The molecule has 5 atom stereocenters. The van der Waals surface area contributed by atoms with Gasteiger partial charge in [-0.1, -0.05) is 43.2 Å². The Balaban J connectivity index is 1.87. The second-order valence-electron chi connectivity index (χ2n) is 7.69. The van der Waals surface area contributed by atoms with Crippen molar-refractivity contribution in [1.29, 1.82) is 0 Å². The van der Waals surface area contributed by atoms with Gasteiger partial charge in [0.1, 0.15) is 24.2 Å². The third-order valence-corrected chi connectivity index (χ3v) is 6.33. The number of hydrogen-bond acceptors (Lipinski definition) is 5. The summed E-state index contributed by atoms with van der Waals surface area (Å²) in [7, 11) is 1.27. The van der Waals surface area contributed by atoms with Gasteiger partial charge < -0.3 is 14.2 Å². The summed E-state index contributed by atoms with van der Waals surface area (Å²) in [4.78, 5) is 21.4. The van der Waals surface area contributed by atoms with E-state index < -0.39 is 8.03 Å². The Kier molecular flexibility index (Phi) is 11.2. The number of ketones is 1. The Bertz CT molecular complexity index is 678. The number of carbonyl (C=O) groups excluding carboxylic acids is 1. The van der Waals surface area contributed by atoms with Crippen LogP contribution in [0.1, 0.15) is 38.5 Å². The molecule has 0 saturated heterocycles. The lowest BCUT2D eigenvalue weighted by atomic mass is 9.88. The van der Waals surface area contributed by atoms with Gasteiger partial charge >= 0.3 is 8.03 Å². The molecule has 0 bridgehead atoms. The number of para-hydroxylation sites is 1. The number of unbranched alkanes of at least 4 members (excludes halogenated alkanes) is 3. The first-order valence-electron chi connectivity index (χ1n) is 10.6. The molecule has 1 aliphatic carbocycles. The molecule has 0 amide bonds. The number of methoxy groups -OCH3 is 2. The van der Waals surface area contributed by atoms with E-state index in [1.165, 1.54) is 0 Å². The minimum Gasteiger partial charge on any atom is -0.491 e. The quantitative estimate of drug-likeness (QED) is 0.261. The molecular weight excluding hydrogens is 403 g/mol. The van der Waals surface area contributed by atoms with E-state index in [0.29, 0.717) is 19.2 Å². The van der Waals surface area contributed by atoms with Gasteiger partial charge in [-0.3, -0.25) is 4.79 Å². The Morgan fingerprint density at radius 1 is 1.17 bits per heavy atom. The summed E-state index contributed by atoms with van der Waals surface area (Å²) >= 11 is 0. The number of hydrogen-bond donors (Lipinski definition) is 1. The Morgan fingerprint density at radius 2 is 1.90 bits per heavy atom. The second kappa shape index (κ2) is 13.7. The zero-order valence-corrected chi connectivity index (χ0v) is 18.8. The summed E-state index contributed by atoms with van der Waals surface area (Å²) in [6.45, 7) is 0.396. The van der Waals surface area contributed by atoms with Crippen LogP contribution in [0, 0.1) is 11.8 Å². The molecule has 1 aliphatic rings. The molecule has 0 aromatic heterocycles. The fourth-order valence-electron chi connectivity index (χ4n) is 3.93. The minimum absolute atomic E-state index is 0.0313. The number of Topliss-reactive ketones (excluding diaryl/α,β-unsaturated/α-hetero) is 1. The smallest absolute Gasteiger partial charge is 0.491 e. The van der Waals surface area contributed by atoms with Gasteiger partial charge in [0.05, 0.1) is 6.10 Å². The Hall–Kier alpha value is -1.59. The number of benzene rings is 1. The highest BCUT2D eigenvalue weighted by Crippen LogP contribution is 2.36. The van der Waals surface area contributed by atoms with Crippen molar-refractivity contribution < 1.29 is 28.5 Å². The first-order chi connectivity index (χ1) is 14.5. The Labute approximate surface area is 180 Å². The van der Waals surface area contributed by atoms with Gasteiger partial charge in [0, 0.05) is 32.5 Å². The molecule has 2 rings (SSSR count). The van der Waals surface area contributed by atoms with E-state index in [1.807, 2.05) is 36.4 Å². The van der Waals surface area contributed by atoms with Crippen LogP contribution in [0.25, 0.3) is 0 Å². The number of carbonyl (C=O) groups is 1. The van der Waals surface area contributed by atoms with Crippen LogP contribution in [0.5, 0.6) is 5.75 Å². The zero-order valence-electron chi connectivity index (χ0n) is 17.9. The number of ether oxygens (including phenoxy) is 3. The predicted octanol–water partition coefficient (Wildman–Crippen LogP) is 4.54.